The second-order valence-electron chi connectivity index (χ2n) is 5.52. The van der Waals surface area contributed by atoms with E-state index in [0.717, 1.165) is 0 Å². The number of rotatable bonds is 6. The normalized spacial score (nSPS) is 12.8. The lowest BCUT2D eigenvalue weighted by atomic mass is 10.1. The van der Waals surface area contributed by atoms with E-state index >= 15 is 0 Å². The molecular weight excluding hydrogens is 272 g/mol. The van der Waals surface area contributed by atoms with E-state index in [1.807, 2.05) is 45.9 Å². The van der Waals surface area contributed by atoms with Crippen LogP contribution >= 0.6 is 11.8 Å². The number of hydrogen-bond donors (Lipinski definition) is 0. The van der Waals surface area contributed by atoms with Crippen LogP contribution < -0.4 is 0 Å². The Kier molecular flexibility index (Phi) is 6.27. The molecule has 1 unspecified atom stereocenters. The maximum atomic E-state index is 12.3. The van der Waals surface area contributed by atoms with Gasteiger partial charge in [-0.3, -0.25) is 9.59 Å². The van der Waals surface area contributed by atoms with Crippen molar-refractivity contribution in [1.82, 2.24) is 0 Å². The van der Waals surface area contributed by atoms with Crippen LogP contribution in [0.4, 0.5) is 0 Å². The molecule has 0 amide bonds. The summed E-state index contributed by atoms with van der Waals surface area (Å²) >= 11 is 1.35. The van der Waals surface area contributed by atoms with Crippen molar-refractivity contribution in [3.63, 3.8) is 0 Å². The Morgan fingerprint density at radius 2 is 1.80 bits per heavy atom. The first-order valence-electron chi connectivity index (χ1n) is 6.76. The van der Waals surface area contributed by atoms with E-state index in [0.29, 0.717) is 12.0 Å². The first kappa shape index (κ1) is 16.8. The molecule has 3 nitrogen and oxygen atoms in total. The summed E-state index contributed by atoms with van der Waals surface area (Å²) in [6.45, 7) is 7.46. The van der Waals surface area contributed by atoms with Gasteiger partial charge in [-0.15, -0.1) is 11.8 Å². The predicted octanol–water partition coefficient (Wildman–Crippen LogP) is 3.72. The van der Waals surface area contributed by atoms with E-state index in [1.165, 1.54) is 11.8 Å². The van der Waals surface area contributed by atoms with Gasteiger partial charge in [-0.05, 0) is 27.2 Å². The molecule has 0 aliphatic carbocycles. The van der Waals surface area contributed by atoms with Crippen LogP contribution in [-0.2, 0) is 9.53 Å². The summed E-state index contributed by atoms with van der Waals surface area (Å²) in [4.78, 5) is 24.0. The molecule has 0 fully saturated rings. The molecule has 1 atom stereocenters. The topological polar surface area (TPSA) is 43.4 Å². The van der Waals surface area contributed by atoms with Crippen molar-refractivity contribution >= 4 is 23.5 Å². The third-order valence-corrected chi connectivity index (χ3v) is 3.90. The zero-order valence-corrected chi connectivity index (χ0v) is 13.3. The summed E-state index contributed by atoms with van der Waals surface area (Å²) in [5, 5.41) is -0.204. The molecule has 110 valence electrons. The smallest absolute Gasteiger partial charge is 0.316 e. The molecule has 1 aromatic carbocycles. The number of hydrogen-bond acceptors (Lipinski definition) is 4. The molecule has 0 bridgehead atoms. The second kappa shape index (κ2) is 7.48. The van der Waals surface area contributed by atoms with Gasteiger partial charge < -0.3 is 4.74 Å². The number of Topliss-reactive ketones (excluding diaryl/α,β-unsaturated/α-hetero) is 1. The van der Waals surface area contributed by atoms with Gasteiger partial charge in [0.2, 0.25) is 0 Å². The van der Waals surface area contributed by atoms with Gasteiger partial charge in [-0.25, -0.2) is 0 Å². The molecule has 0 saturated carbocycles. The molecule has 0 N–H and O–H groups in total. The maximum Gasteiger partial charge on any atom is 0.316 e. The quantitative estimate of drug-likeness (QED) is 0.592. The number of ketones is 1. The highest BCUT2D eigenvalue weighted by atomic mass is 32.2. The summed E-state index contributed by atoms with van der Waals surface area (Å²) in [7, 11) is 0. The van der Waals surface area contributed by atoms with Gasteiger partial charge in [0.25, 0.3) is 0 Å². The number of thioether (sulfide) groups is 1. The Balaban J connectivity index is 2.56. The van der Waals surface area contributed by atoms with E-state index in [1.54, 1.807) is 12.1 Å². The molecular formula is C16H22O3S. The zero-order valence-electron chi connectivity index (χ0n) is 12.5. The van der Waals surface area contributed by atoms with Crippen molar-refractivity contribution in [2.75, 3.05) is 5.75 Å². The Hall–Kier alpha value is -1.29. The van der Waals surface area contributed by atoms with Crippen molar-refractivity contribution in [3.8, 4) is 0 Å². The highest BCUT2D eigenvalue weighted by molar-refractivity contribution is 8.01. The summed E-state index contributed by atoms with van der Waals surface area (Å²) in [5.74, 6) is -0.00239. The molecule has 0 aromatic heterocycles. The minimum absolute atomic E-state index is 0.0710. The average molecular weight is 294 g/mol. The minimum atomic E-state index is -0.483. The summed E-state index contributed by atoms with van der Waals surface area (Å²) in [6.07, 6.45) is 0.696. The molecule has 1 aromatic rings. The fraction of sp³-hybridized carbons (Fsp3) is 0.500. The first-order chi connectivity index (χ1) is 9.33. The fourth-order valence-electron chi connectivity index (χ4n) is 1.71. The van der Waals surface area contributed by atoms with Crippen LogP contribution in [0.5, 0.6) is 0 Å². The Morgan fingerprint density at radius 1 is 1.20 bits per heavy atom. The van der Waals surface area contributed by atoms with Gasteiger partial charge >= 0.3 is 5.97 Å². The molecule has 0 spiro atoms. The summed E-state index contributed by atoms with van der Waals surface area (Å²) in [6, 6.07) is 9.18. The lowest BCUT2D eigenvalue weighted by Gasteiger charge is -2.20. The standard InChI is InChI=1S/C16H22O3S/c1-5-13(15(18)12-9-7-6-8-10-12)20-11-14(17)19-16(2,3)4/h6-10,13H,5,11H2,1-4H3. The van der Waals surface area contributed by atoms with Crippen molar-refractivity contribution in [2.45, 2.75) is 45.0 Å². The van der Waals surface area contributed by atoms with Crippen LogP contribution in [0.25, 0.3) is 0 Å². The molecule has 0 aliphatic heterocycles. The van der Waals surface area contributed by atoms with E-state index in [4.69, 9.17) is 4.74 Å². The summed E-state index contributed by atoms with van der Waals surface area (Å²) < 4.78 is 5.25. The van der Waals surface area contributed by atoms with Gasteiger partial charge in [0, 0.05) is 5.56 Å². The Labute approximate surface area is 125 Å². The fourth-order valence-corrected chi connectivity index (χ4v) is 2.63. The van der Waals surface area contributed by atoms with Gasteiger partial charge in [0.05, 0.1) is 11.0 Å². The van der Waals surface area contributed by atoms with Crippen LogP contribution in [0.15, 0.2) is 30.3 Å². The maximum absolute atomic E-state index is 12.3. The zero-order chi connectivity index (χ0) is 15.2. The number of carbonyl (C=O) groups excluding carboxylic acids is 2. The van der Waals surface area contributed by atoms with E-state index < -0.39 is 5.60 Å². The molecule has 0 heterocycles. The molecule has 4 heteroatoms. The lowest BCUT2D eigenvalue weighted by Crippen LogP contribution is -2.26. The second-order valence-corrected chi connectivity index (χ2v) is 6.72. The highest BCUT2D eigenvalue weighted by Crippen LogP contribution is 2.21. The SMILES string of the molecule is CCC(SCC(=O)OC(C)(C)C)C(=O)c1ccccc1. The van der Waals surface area contributed by atoms with Gasteiger partial charge in [-0.2, -0.15) is 0 Å². The molecule has 1 rings (SSSR count). The minimum Gasteiger partial charge on any atom is -0.459 e. The van der Waals surface area contributed by atoms with Gasteiger partial charge in [0.15, 0.2) is 5.78 Å². The third kappa shape index (κ3) is 5.78. The molecule has 0 aliphatic rings. The number of benzene rings is 1. The van der Waals surface area contributed by atoms with Crippen LogP contribution in [0.3, 0.4) is 0 Å². The molecule has 0 saturated heterocycles. The third-order valence-electron chi connectivity index (χ3n) is 2.54. The predicted molar refractivity (Wildman–Crippen MR) is 83.2 cm³/mol. The number of carbonyl (C=O) groups is 2. The van der Waals surface area contributed by atoms with Crippen LogP contribution in [-0.4, -0.2) is 28.4 Å². The Bertz CT molecular complexity index is 449. The molecule has 0 radical (unpaired) electrons. The van der Waals surface area contributed by atoms with Gasteiger partial charge in [0.1, 0.15) is 5.60 Å². The van der Waals surface area contributed by atoms with Crippen LogP contribution in [0, 0.1) is 0 Å². The monoisotopic (exact) mass is 294 g/mol. The molecule has 20 heavy (non-hydrogen) atoms. The van der Waals surface area contributed by atoms with Crippen LogP contribution in [0.1, 0.15) is 44.5 Å². The number of ether oxygens (including phenoxy) is 1. The largest absolute Gasteiger partial charge is 0.459 e. The van der Waals surface area contributed by atoms with E-state index in [-0.39, 0.29) is 22.8 Å². The first-order valence-corrected chi connectivity index (χ1v) is 7.81. The van der Waals surface area contributed by atoms with Crippen LogP contribution in [0.2, 0.25) is 0 Å². The highest BCUT2D eigenvalue weighted by Gasteiger charge is 2.22. The van der Waals surface area contributed by atoms with Crippen molar-refractivity contribution in [2.24, 2.45) is 0 Å². The van der Waals surface area contributed by atoms with Crippen molar-refractivity contribution in [1.29, 1.82) is 0 Å². The average Bonchev–Trinajstić information content (AvgIpc) is 2.38. The van der Waals surface area contributed by atoms with Gasteiger partial charge in [-0.1, -0.05) is 37.3 Å². The summed E-state index contributed by atoms with van der Waals surface area (Å²) in [5.41, 5.74) is 0.207. The van der Waals surface area contributed by atoms with Crippen molar-refractivity contribution in [3.05, 3.63) is 35.9 Å². The lowest BCUT2D eigenvalue weighted by molar-refractivity contribution is -0.151. The van der Waals surface area contributed by atoms with E-state index in [2.05, 4.69) is 0 Å². The Morgan fingerprint density at radius 3 is 2.30 bits per heavy atom. The number of esters is 1. The van der Waals surface area contributed by atoms with E-state index in [9.17, 15) is 9.59 Å². The van der Waals surface area contributed by atoms with Crippen molar-refractivity contribution < 1.29 is 14.3 Å².